The highest BCUT2D eigenvalue weighted by Crippen LogP contribution is 2.36. The van der Waals surface area contributed by atoms with Crippen molar-refractivity contribution in [3.8, 4) is 5.75 Å². The fourth-order valence-corrected chi connectivity index (χ4v) is 3.51. The van der Waals surface area contributed by atoms with Crippen LogP contribution in [0.5, 0.6) is 5.75 Å². The molecule has 1 aromatic carbocycles. The van der Waals surface area contributed by atoms with E-state index in [4.69, 9.17) is 11.5 Å². The number of anilines is 1. The molecule has 6 N–H and O–H groups in total. The Morgan fingerprint density at radius 1 is 1.41 bits per heavy atom. The number of carbonyl (C=O) groups is 1. The second-order valence-corrected chi connectivity index (χ2v) is 6.68. The van der Waals surface area contributed by atoms with Gasteiger partial charge in [-0.3, -0.25) is 4.79 Å². The monoisotopic (exact) mass is 370 g/mol. The number of H-pyrrole nitrogens is 1. The van der Waals surface area contributed by atoms with Crippen molar-refractivity contribution in [2.24, 2.45) is 5.73 Å². The molecule has 7 heteroatoms. The first-order chi connectivity index (χ1) is 12.8. The quantitative estimate of drug-likeness (QED) is 0.620. The van der Waals surface area contributed by atoms with Gasteiger partial charge in [-0.1, -0.05) is 18.7 Å². The summed E-state index contributed by atoms with van der Waals surface area (Å²) in [7, 11) is 0. The summed E-state index contributed by atoms with van der Waals surface area (Å²) in [5.74, 6) is -0.357. The summed E-state index contributed by atoms with van der Waals surface area (Å²) in [5, 5.41) is 9.96. The number of halogens is 1. The fourth-order valence-electron chi connectivity index (χ4n) is 3.51. The molecule has 3 rings (SSSR count). The normalized spacial score (nSPS) is 20.1. The molecule has 1 aromatic heterocycles. The Kier molecular flexibility index (Phi) is 4.94. The first kappa shape index (κ1) is 18.6. The lowest BCUT2D eigenvalue weighted by Crippen LogP contribution is -2.27. The molecule has 2 aromatic rings. The topological polar surface area (TPSA) is 108 Å². The first-order valence-corrected chi connectivity index (χ1v) is 8.62. The number of nitrogen functional groups attached to an aromatic ring is 1. The number of nitrogens with two attached hydrogens (primary N) is 2. The summed E-state index contributed by atoms with van der Waals surface area (Å²) in [5.41, 5.74) is 15.1. The molecule has 0 bridgehead atoms. The molecule has 2 heterocycles. The number of hydrogen-bond acceptors (Lipinski definition) is 4. The van der Waals surface area contributed by atoms with E-state index < -0.39 is 12.1 Å². The minimum atomic E-state index is -1.20. The Hall–Kier alpha value is -3.22. The number of para-hydroxylation sites is 1. The van der Waals surface area contributed by atoms with Crippen LogP contribution in [-0.2, 0) is 4.79 Å². The zero-order valence-corrected chi connectivity index (χ0v) is 15.1. The Morgan fingerprint density at radius 3 is 2.78 bits per heavy atom. The highest BCUT2D eigenvalue weighted by atomic mass is 19.1. The molecule has 1 aliphatic heterocycles. The molecular formula is C20H23FN4O2. The molecule has 1 fully saturated rings. The predicted molar refractivity (Wildman–Crippen MR) is 105 cm³/mol. The number of hydrogen-bond donors (Lipinski definition) is 4. The van der Waals surface area contributed by atoms with E-state index >= 15 is 0 Å². The van der Waals surface area contributed by atoms with Crippen LogP contribution in [0.15, 0.2) is 36.9 Å². The Morgan fingerprint density at radius 2 is 2.11 bits per heavy atom. The van der Waals surface area contributed by atoms with Crippen LogP contribution in [0, 0.1) is 6.92 Å². The zero-order valence-electron chi connectivity index (χ0n) is 15.1. The van der Waals surface area contributed by atoms with Gasteiger partial charge >= 0.3 is 0 Å². The van der Waals surface area contributed by atoms with Crippen molar-refractivity contribution in [3.63, 3.8) is 0 Å². The number of amides is 1. The van der Waals surface area contributed by atoms with E-state index in [1.54, 1.807) is 30.3 Å². The molecule has 6 nitrogen and oxygen atoms in total. The molecule has 2 atom stereocenters. The largest absolute Gasteiger partial charge is 0.507 e. The summed E-state index contributed by atoms with van der Waals surface area (Å²) in [6.45, 7) is 5.56. The van der Waals surface area contributed by atoms with Crippen LogP contribution in [0.4, 0.5) is 10.2 Å². The van der Waals surface area contributed by atoms with Gasteiger partial charge in [0.15, 0.2) is 0 Å². The number of phenolic OH excluding ortho intramolecular Hbond substituents is 1. The Bertz CT molecular complexity index is 919. The van der Waals surface area contributed by atoms with Gasteiger partial charge < -0.3 is 26.5 Å². The smallest absolute Gasteiger partial charge is 0.246 e. The van der Waals surface area contributed by atoms with Gasteiger partial charge in [0.1, 0.15) is 17.7 Å². The van der Waals surface area contributed by atoms with Crippen LogP contribution in [0.3, 0.4) is 0 Å². The van der Waals surface area contributed by atoms with Crippen molar-refractivity contribution in [1.82, 2.24) is 9.88 Å². The predicted octanol–water partition coefficient (Wildman–Crippen LogP) is 2.52. The lowest BCUT2D eigenvalue weighted by Gasteiger charge is -2.13. The van der Waals surface area contributed by atoms with Gasteiger partial charge in [0, 0.05) is 29.1 Å². The molecule has 27 heavy (non-hydrogen) atoms. The number of aromatic amines is 1. The van der Waals surface area contributed by atoms with Crippen molar-refractivity contribution in [3.05, 3.63) is 59.3 Å². The molecule has 1 saturated heterocycles. The second-order valence-electron chi connectivity index (χ2n) is 6.68. The highest BCUT2D eigenvalue weighted by Gasteiger charge is 2.37. The summed E-state index contributed by atoms with van der Waals surface area (Å²) in [6.07, 6.45) is 1.65. The molecule has 0 aliphatic carbocycles. The second kappa shape index (κ2) is 7.19. The SMILES string of the molecule is C=CC(=O)N1CC(F)C(c2[nH]c(N)c(/C=C(\N)c3ccccc3O)c2C)C1. The molecule has 1 aliphatic rings. The minimum absolute atomic E-state index is 0.0269. The Labute approximate surface area is 157 Å². The van der Waals surface area contributed by atoms with Gasteiger partial charge in [-0.25, -0.2) is 4.39 Å². The number of carbonyl (C=O) groups excluding carboxylic acids is 1. The van der Waals surface area contributed by atoms with Gasteiger partial charge in [0.05, 0.1) is 12.5 Å². The number of likely N-dealkylation sites (tertiary alicyclic amines) is 1. The highest BCUT2D eigenvalue weighted by molar-refractivity contribution is 5.88. The lowest BCUT2D eigenvalue weighted by atomic mass is 9.98. The van der Waals surface area contributed by atoms with Gasteiger partial charge in [-0.2, -0.15) is 0 Å². The van der Waals surface area contributed by atoms with Gasteiger partial charge in [-0.15, -0.1) is 0 Å². The van der Waals surface area contributed by atoms with Gasteiger partial charge in [0.2, 0.25) is 5.91 Å². The third kappa shape index (κ3) is 3.40. The maximum Gasteiger partial charge on any atom is 0.246 e. The number of phenols is 1. The van der Waals surface area contributed by atoms with E-state index in [1.807, 2.05) is 6.92 Å². The van der Waals surface area contributed by atoms with Crippen LogP contribution in [0.1, 0.15) is 28.3 Å². The van der Waals surface area contributed by atoms with E-state index in [0.717, 1.165) is 5.56 Å². The van der Waals surface area contributed by atoms with E-state index in [-0.39, 0.29) is 24.7 Å². The van der Waals surface area contributed by atoms with Gasteiger partial charge in [-0.05, 0) is 36.8 Å². The average Bonchev–Trinajstić information content (AvgIpc) is 3.16. The summed E-state index contributed by atoms with van der Waals surface area (Å²) < 4.78 is 14.6. The zero-order chi connectivity index (χ0) is 19.7. The molecular weight excluding hydrogens is 347 g/mol. The summed E-state index contributed by atoms with van der Waals surface area (Å²) >= 11 is 0. The molecule has 1 amide bonds. The van der Waals surface area contributed by atoms with E-state index in [2.05, 4.69) is 11.6 Å². The van der Waals surface area contributed by atoms with Crippen molar-refractivity contribution >= 4 is 23.5 Å². The van der Waals surface area contributed by atoms with Gasteiger partial charge in [0.25, 0.3) is 0 Å². The third-order valence-corrected chi connectivity index (χ3v) is 4.99. The van der Waals surface area contributed by atoms with E-state index in [9.17, 15) is 14.3 Å². The minimum Gasteiger partial charge on any atom is -0.507 e. The fraction of sp³-hybridized carbons (Fsp3) is 0.250. The van der Waals surface area contributed by atoms with Crippen molar-refractivity contribution < 1.29 is 14.3 Å². The van der Waals surface area contributed by atoms with E-state index in [0.29, 0.717) is 28.3 Å². The molecule has 2 unspecified atom stereocenters. The number of nitrogens with zero attached hydrogens (tertiary/aromatic N) is 1. The number of nitrogens with one attached hydrogen (secondary N) is 1. The van der Waals surface area contributed by atoms with Crippen LogP contribution >= 0.6 is 0 Å². The first-order valence-electron chi connectivity index (χ1n) is 8.62. The van der Waals surface area contributed by atoms with Crippen LogP contribution in [-0.4, -0.2) is 40.2 Å². The summed E-state index contributed by atoms with van der Waals surface area (Å²) in [4.78, 5) is 16.3. The maximum atomic E-state index is 14.6. The molecule has 0 radical (unpaired) electrons. The third-order valence-electron chi connectivity index (χ3n) is 4.99. The molecule has 142 valence electrons. The molecule has 0 spiro atoms. The number of aromatic nitrogens is 1. The number of rotatable bonds is 4. The Balaban J connectivity index is 1.94. The summed E-state index contributed by atoms with van der Waals surface area (Å²) in [6, 6.07) is 6.73. The molecule has 0 saturated carbocycles. The average molecular weight is 370 g/mol. The van der Waals surface area contributed by atoms with Crippen molar-refractivity contribution in [1.29, 1.82) is 0 Å². The maximum absolute atomic E-state index is 14.6. The van der Waals surface area contributed by atoms with Crippen molar-refractivity contribution in [2.75, 3.05) is 18.8 Å². The number of benzene rings is 1. The van der Waals surface area contributed by atoms with Crippen molar-refractivity contribution in [2.45, 2.75) is 19.0 Å². The van der Waals surface area contributed by atoms with E-state index in [1.165, 1.54) is 11.0 Å². The lowest BCUT2D eigenvalue weighted by molar-refractivity contribution is -0.125. The standard InChI is InChI=1S/C20H23FN4O2/c1-3-18(27)25-9-14(15(21)10-25)19-11(2)13(20(23)24-19)8-16(22)12-6-4-5-7-17(12)26/h3-8,14-15,24,26H,1,9-10,22-23H2,2H3/b16-8-. The number of aromatic hydroxyl groups is 1. The van der Waals surface area contributed by atoms with Crippen LogP contribution in [0.2, 0.25) is 0 Å². The van der Waals surface area contributed by atoms with Crippen LogP contribution in [0.25, 0.3) is 11.8 Å². The van der Waals surface area contributed by atoms with Crippen LogP contribution < -0.4 is 11.5 Å². The number of alkyl halides is 1.